The molecule has 1 aromatic rings. The predicted molar refractivity (Wildman–Crippen MR) is 75.2 cm³/mol. The fourth-order valence-electron chi connectivity index (χ4n) is 2.08. The van der Waals surface area contributed by atoms with Crippen LogP contribution in [0.3, 0.4) is 0 Å². The molecule has 0 aliphatic carbocycles. The zero-order valence-corrected chi connectivity index (χ0v) is 12.7. The van der Waals surface area contributed by atoms with Crippen LogP contribution in [0.15, 0.2) is 21.4 Å². The minimum atomic E-state index is -0.959. The van der Waals surface area contributed by atoms with Gasteiger partial charge in [0.05, 0.1) is 17.2 Å². The zero-order valence-electron chi connectivity index (χ0n) is 10.3. The quantitative estimate of drug-likeness (QED) is 0.906. The van der Waals surface area contributed by atoms with E-state index in [2.05, 4.69) is 15.9 Å². The minimum Gasteiger partial charge on any atom is -0.480 e. The number of furan rings is 1. The Balaban J connectivity index is 2.28. The second-order valence-corrected chi connectivity index (χ2v) is 6.18. The number of carboxylic acids is 1. The molecule has 1 fully saturated rings. The van der Waals surface area contributed by atoms with Crippen molar-refractivity contribution in [2.75, 3.05) is 5.75 Å². The molecule has 5 nitrogen and oxygen atoms in total. The first-order valence-corrected chi connectivity index (χ1v) is 7.80. The minimum absolute atomic E-state index is 0.0830. The maximum atomic E-state index is 12.5. The summed E-state index contributed by atoms with van der Waals surface area (Å²) in [6.07, 6.45) is 3.10. The number of carbonyl (C=O) groups excluding carboxylic acids is 1. The molecule has 1 amide bonds. The summed E-state index contributed by atoms with van der Waals surface area (Å²) in [4.78, 5) is 25.2. The summed E-state index contributed by atoms with van der Waals surface area (Å²) in [7, 11) is 0. The summed E-state index contributed by atoms with van der Waals surface area (Å²) >= 11 is 4.68. The molecule has 1 N–H and O–H groups in total. The van der Waals surface area contributed by atoms with E-state index in [0.29, 0.717) is 16.0 Å². The van der Waals surface area contributed by atoms with Gasteiger partial charge in [0.15, 0.2) is 4.67 Å². The van der Waals surface area contributed by atoms with Crippen molar-refractivity contribution in [3.05, 3.63) is 22.6 Å². The average molecular weight is 348 g/mol. The van der Waals surface area contributed by atoms with E-state index in [1.54, 1.807) is 6.07 Å². The molecule has 0 saturated carbocycles. The fraction of sp³-hybridized carbons (Fsp3) is 0.500. The summed E-state index contributed by atoms with van der Waals surface area (Å²) in [6, 6.07) is 0.785. The third-order valence-corrected chi connectivity index (χ3v) is 4.97. The summed E-state index contributed by atoms with van der Waals surface area (Å²) < 4.78 is 5.39. The Labute approximate surface area is 123 Å². The number of thioether (sulfide) groups is 1. The van der Waals surface area contributed by atoms with Gasteiger partial charge in [0.2, 0.25) is 0 Å². The van der Waals surface area contributed by atoms with Gasteiger partial charge in [-0.2, -0.15) is 0 Å². The molecule has 7 heteroatoms. The molecular weight excluding hydrogens is 334 g/mol. The van der Waals surface area contributed by atoms with Gasteiger partial charge < -0.3 is 14.4 Å². The molecule has 2 heterocycles. The van der Waals surface area contributed by atoms with E-state index in [9.17, 15) is 14.7 Å². The van der Waals surface area contributed by atoms with Gasteiger partial charge in [-0.3, -0.25) is 4.79 Å². The van der Waals surface area contributed by atoms with Gasteiger partial charge in [0, 0.05) is 5.75 Å². The van der Waals surface area contributed by atoms with Crippen molar-refractivity contribution in [2.24, 2.45) is 0 Å². The van der Waals surface area contributed by atoms with Gasteiger partial charge in [-0.1, -0.05) is 13.3 Å². The van der Waals surface area contributed by atoms with Crippen molar-refractivity contribution in [1.82, 2.24) is 4.90 Å². The standard InChI is InChI=1S/C12H14BrNO4S/c1-2-3-9-14(8(6-19-9)12(16)17)11(15)7-4-5-18-10(7)13/h4-5,8-9H,2-3,6H2,1H3,(H,16,17). The molecule has 1 aliphatic rings. The van der Waals surface area contributed by atoms with E-state index < -0.39 is 12.0 Å². The molecule has 1 aromatic heterocycles. The van der Waals surface area contributed by atoms with Crippen LogP contribution < -0.4 is 0 Å². The van der Waals surface area contributed by atoms with Crippen LogP contribution in [0, 0.1) is 0 Å². The molecule has 2 atom stereocenters. The van der Waals surface area contributed by atoms with Gasteiger partial charge >= 0.3 is 5.97 Å². The second kappa shape index (κ2) is 6.00. The highest BCUT2D eigenvalue weighted by Gasteiger charge is 2.42. The maximum Gasteiger partial charge on any atom is 0.327 e. The highest BCUT2D eigenvalue weighted by Crippen LogP contribution is 2.34. The number of amides is 1. The molecule has 0 bridgehead atoms. The smallest absolute Gasteiger partial charge is 0.327 e. The normalized spacial score (nSPS) is 22.7. The Hall–Kier alpha value is -0.950. The summed E-state index contributed by atoms with van der Waals surface area (Å²) in [6.45, 7) is 2.02. The SMILES string of the molecule is CCCC1SCC(C(=O)O)N1C(=O)c1ccoc1Br. The van der Waals surface area contributed by atoms with Crippen LogP contribution in [0.25, 0.3) is 0 Å². The van der Waals surface area contributed by atoms with Crippen LogP contribution >= 0.6 is 27.7 Å². The molecule has 0 spiro atoms. The highest BCUT2D eigenvalue weighted by atomic mass is 79.9. The second-order valence-electron chi connectivity index (χ2n) is 4.25. The van der Waals surface area contributed by atoms with Crippen molar-refractivity contribution >= 4 is 39.6 Å². The average Bonchev–Trinajstić information content (AvgIpc) is 2.95. The lowest BCUT2D eigenvalue weighted by molar-refractivity contribution is -0.141. The Morgan fingerprint density at radius 2 is 2.37 bits per heavy atom. The van der Waals surface area contributed by atoms with Crippen LogP contribution in [-0.4, -0.2) is 39.1 Å². The van der Waals surface area contributed by atoms with E-state index in [-0.39, 0.29) is 11.3 Å². The van der Waals surface area contributed by atoms with Crippen molar-refractivity contribution < 1.29 is 19.1 Å². The van der Waals surface area contributed by atoms with Gasteiger partial charge in [0.25, 0.3) is 5.91 Å². The van der Waals surface area contributed by atoms with E-state index in [0.717, 1.165) is 12.8 Å². The number of rotatable bonds is 4. The third kappa shape index (κ3) is 2.81. The first-order valence-electron chi connectivity index (χ1n) is 5.96. The lowest BCUT2D eigenvalue weighted by Crippen LogP contribution is -2.45. The first-order chi connectivity index (χ1) is 9.06. The molecule has 2 rings (SSSR count). The van der Waals surface area contributed by atoms with E-state index >= 15 is 0 Å². The van der Waals surface area contributed by atoms with E-state index in [1.165, 1.54) is 22.9 Å². The maximum absolute atomic E-state index is 12.5. The number of nitrogens with zero attached hydrogens (tertiary/aromatic N) is 1. The van der Waals surface area contributed by atoms with Crippen LogP contribution in [0.1, 0.15) is 30.1 Å². The first kappa shape index (κ1) is 14.5. The Morgan fingerprint density at radius 3 is 2.89 bits per heavy atom. The molecule has 19 heavy (non-hydrogen) atoms. The number of hydrogen-bond donors (Lipinski definition) is 1. The Kier molecular flexibility index (Phi) is 4.57. The van der Waals surface area contributed by atoms with Crippen molar-refractivity contribution in [2.45, 2.75) is 31.2 Å². The van der Waals surface area contributed by atoms with Gasteiger partial charge in [0.1, 0.15) is 6.04 Å². The van der Waals surface area contributed by atoms with Crippen molar-refractivity contribution in [3.8, 4) is 0 Å². The largest absolute Gasteiger partial charge is 0.480 e. The molecular formula is C12H14BrNO4S. The van der Waals surface area contributed by atoms with Crippen LogP contribution in [0.5, 0.6) is 0 Å². The van der Waals surface area contributed by atoms with Crippen LogP contribution in [-0.2, 0) is 4.79 Å². The van der Waals surface area contributed by atoms with E-state index in [1.807, 2.05) is 6.92 Å². The number of halogens is 1. The van der Waals surface area contributed by atoms with Crippen LogP contribution in [0.2, 0.25) is 0 Å². The summed E-state index contributed by atoms with van der Waals surface area (Å²) in [5, 5.41) is 9.16. The van der Waals surface area contributed by atoms with Gasteiger partial charge in [-0.15, -0.1) is 11.8 Å². The van der Waals surface area contributed by atoms with E-state index in [4.69, 9.17) is 4.42 Å². The zero-order chi connectivity index (χ0) is 14.0. The molecule has 104 valence electrons. The topological polar surface area (TPSA) is 70.8 Å². The van der Waals surface area contributed by atoms with Crippen LogP contribution in [0.4, 0.5) is 0 Å². The lowest BCUT2D eigenvalue weighted by atomic mass is 10.2. The highest BCUT2D eigenvalue weighted by molar-refractivity contribution is 9.10. The molecule has 2 unspecified atom stereocenters. The van der Waals surface area contributed by atoms with Crippen molar-refractivity contribution in [3.63, 3.8) is 0 Å². The fourth-order valence-corrected chi connectivity index (χ4v) is 4.00. The number of carboxylic acid groups (broad SMARTS) is 1. The lowest BCUT2D eigenvalue weighted by Gasteiger charge is -2.26. The predicted octanol–water partition coefficient (Wildman–Crippen LogP) is 2.81. The number of carbonyl (C=O) groups is 2. The Bertz CT molecular complexity index is 490. The third-order valence-electron chi connectivity index (χ3n) is 3.00. The molecule has 1 saturated heterocycles. The Morgan fingerprint density at radius 1 is 1.63 bits per heavy atom. The van der Waals surface area contributed by atoms with Gasteiger partial charge in [-0.05, 0) is 28.4 Å². The summed E-state index contributed by atoms with van der Waals surface area (Å²) in [5.74, 6) is -0.822. The molecule has 0 radical (unpaired) electrons. The molecule has 1 aliphatic heterocycles. The molecule has 0 aromatic carbocycles. The summed E-state index contributed by atoms with van der Waals surface area (Å²) in [5.41, 5.74) is 0.370. The number of aliphatic carboxylic acids is 1. The van der Waals surface area contributed by atoms with Crippen molar-refractivity contribution in [1.29, 1.82) is 0 Å². The monoisotopic (exact) mass is 347 g/mol. The number of hydrogen-bond acceptors (Lipinski definition) is 4. The van der Waals surface area contributed by atoms with Gasteiger partial charge in [-0.25, -0.2) is 4.79 Å².